The Bertz CT molecular complexity index is 534. The van der Waals surface area contributed by atoms with Gasteiger partial charge < -0.3 is 4.74 Å². The molecule has 0 saturated heterocycles. The first kappa shape index (κ1) is 12.3. The van der Waals surface area contributed by atoms with Crippen molar-refractivity contribution in [3.05, 3.63) is 46.9 Å². The smallest absolute Gasteiger partial charge is 0.222 e. The second-order valence-electron chi connectivity index (χ2n) is 3.54. The third kappa shape index (κ3) is 3.17. The number of aromatic nitrogens is 2. The van der Waals surface area contributed by atoms with Crippen LogP contribution in [0.2, 0.25) is 5.02 Å². The molecule has 0 N–H and O–H groups in total. The number of ether oxygens (including phenoxy) is 1. The number of aryl methyl sites for hydroxylation is 1. The van der Waals surface area contributed by atoms with Crippen molar-refractivity contribution in [3.8, 4) is 11.6 Å². The number of halogens is 2. The number of pyridine rings is 2. The second kappa shape index (κ2) is 5.47. The van der Waals surface area contributed by atoms with Gasteiger partial charge in [0, 0.05) is 29.4 Å². The van der Waals surface area contributed by atoms with Crippen LogP contribution in [0.3, 0.4) is 0 Å². The summed E-state index contributed by atoms with van der Waals surface area (Å²) in [6, 6.07) is 3.73. The zero-order chi connectivity index (χ0) is 12.3. The molecule has 0 unspecified atom stereocenters. The Hall–Kier alpha value is -1.13. The lowest BCUT2D eigenvalue weighted by Gasteiger charge is -2.08. The highest BCUT2D eigenvalue weighted by molar-refractivity contribution is 9.08. The Labute approximate surface area is 113 Å². The fourth-order valence-corrected chi connectivity index (χ4v) is 1.83. The van der Waals surface area contributed by atoms with E-state index < -0.39 is 0 Å². The van der Waals surface area contributed by atoms with Crippen LogP contribution < -0.4 is 4.74 Å². The molecular formula is C12H10BrClN2O. The van der Waals surface area contributed by atoms with Gasteiger partial charge >= 0.3 is 0 Å². The van der Waals surface area contributed by atoms with Crippen molar-refractivity contribution in [2.75, 3.05) is 0 Å². The summed E-state index contributed by atoms with van der Waals surface area (Å²) in [5, 5.41) is 1.32. The van der Waals surface area contributed by atoms with E-state index in [1.54, 1.807) is 24.7 Å². The first-order chi connectivity index (χ1) is 8.19. The largest absolute Gasteiger partial charge is 0.437 e. The van der Waals surface area contributed by atoms with Gasteiger partial charge in [-0.1, -0.05) is 27.5 Å². The Morgan fingerprint density at radius 3 is 2.76 bits per heavy atom. The first-order valence-corrected chi connectivity index (χ1v) is 6.49. The topological polar surface area (TPSA) is 35.0 Å². The van der Waals surface area contributed by atoms with Gasteiger partial charge in [0.15, 0.2) is 0 Å². The number of rotatable bonds is 3. The van der Waals surface area contributed by atoms with E-state index in [4.69, 9.17) is 16.3 Å². The summed E-state index contributed by atoms with van der Waals surface area (Å²) in [4.78, 5) is 8.20. The molecule has 0 fully saturated rings. The predicted molar refractivity (Wildman–Crippen MR) is 70.9 cm³/mol. The Kier molecular flexibility index (Phi) is 3.97. The van der Waals surface area contributed by atoms with Crippen LogP contribution in [0.5, 0.6) is 11.6 Å². The van der Waals surface area contributed by atoms with E-state index in [0.29, 0.717) is 16.7 Å². The fraction of sp³-hybridized carbons (Fsp3) is 0.167. The van der Waals surface area contributed by atoms with Crippen LogP contribution in [0, 0.1) is 6.92 Å². The van der Waals surface area contributed by atoms with E-state index in [1.807, 2.05) is 13.0 Å². The van der Waals surface area contributed by atoms with Crippen LogP contribution in [0.4, 0.5) is 0 Å². The van der Waals surface area contributed by atoms with Crippen LogP contribution in [-0.2, 0) is 5.33 Å². The van der Waals surface area contributed by atoms with Gasteiger partial charge in [-0.25, -0.2) is 4.98 Å². The molecule has 0 atom stereocenters. The Balaban J connectivity index is 2.24. The molecule has 2 heterocycles. The molecular weight excluding hydrogens is 304 g/mol. The van der Waals surface area contributed by atoms with Gasteiger partial charge in [-0.3, -0.25) is 4.98 Å². The van der Waals surface area contributed by atoms with Crippen LogP contribution in [0.1, 0.15) is 11.1 Å². The van der Waals surface area contributed by atoms with Gasteiger partial charge in [0.25, 0.3) is 0 Å². The summed E-state index contributed by atoms with van der Waals surface area (Å²) in [6.45, 7) is 1.95. The summed E-state index contributed by atoms with van der Waals surface area (Å²) >= 11 is 9.21. The molecule has 0 aliphatic carbocycles. The van der Waals surface area contributed by atoms with Crippen LogP contribution in [0.15, 0.2) is 30.7 Å². The molecule has 3 nitrogen and oxygen atoms in total. The van der Waals surface area contributed by atoms with E-state index in [0.717, 1.165) is 16.5 Å². The van der Waals surface area contributed by atoms with Crippen molar-refractivity contribution in [2.45, 2.75) is 12.3 Å². The third-order valence-electron chi connectivity index (χ3n) is 2.14. The molecule has 2 aromatic rings. The van der Waals surface area contributed by atoms with Gasteiger partial charge in [-0.05, 0) is 18.6 Å². The van der Waals surface area contributed by atoms with Crippen molar-refractivity contribution in [3.63, 3.8) is 0 Å². The molecule has 2 aromatic heterocycles. The van der Waals surface area contributed by atoms with Gasteiger partial charge in [-0.15, -0.1) is 0 Å². The van der Waals surface area contributed by atoms with Crippen molar-refractivity contribution in [1.29, 1.82) is 0 Å². The number of hydrogen-bond acceptors (Lipinski definition) is 3. The van der Waals surface area contributed by atoms with E-state index in [2.05, 4.69) is 25.9 Å². The average molecular weight is 314 g/mol. The highest BCUT2D eigenvalue weighted by Gasteiger charge is 2.05. The van der Waals surface area contributed by atoms with E-state index in [-0.39, 0.29) is 0 Å². The van der Waals surface area contributed by atoms with Gasteiger partial charge in [0.05, 0.1) is 11.2 Å². The van der Waals surface area contributed by atoms with Crippen LogP contribution in [0.25, 0.3) is 0 Å². The van der Waals surface area contributed by atoms with Crippen LogP contribution >= 0.6 is 27.5 Å². The van der Waals surface area contributed by atoms with Crippen molar-refractivity contribution in [2.24, 2.45) is 0 Å². The third-order valence-corrected chi connectivity index (χ3v) is 2.99. The number of hydrogen-bond donors (Lipinski definition) is 0. The van der Waals surface area contributed by atoms with E-state index >= 15 is 0 Å². The molecule has 88 valence electrons. The Morgan fingerprint density at radius 1 is 1.29 bits per heavy atom. The molecule has 5 heteroatoms. The minimum absolute atomic E-state index is 0.539. The molecule has 0 aromatic carbocycles. The summed E-state index contributed by atoms with van der Waals surface area (Å²) in [5.41, 5.74) is 2.08. The molecule has 0 aliphatic rings. The quantitative estimate of drug-likeness (QED) is 0.799. The fourth-order valence-electron chi connectivity index (χ4n) is 1.36. The molecule has 0 aliphatic heterocycles. The lowest BCUT2D eigenvalue weighted by Crippen LogP contribution is -1.93. The highest BCUT2D eigenvalue weighted by atomic mass is 79.9. The molecule has 2 rings (SSSR count). The maximum Gasteiger partial charge on any atom is 0.222 e. The zero-order valence-corrected chi connectivity index (χ0v) is 11.5. The van der Waals surface area contributed by atoms with Crippen molar-refractivity contribution >= 4 is 27.5 Å². The monoisotopic (exact) mass is 312 g/mol. The molecule has 0 radical (unpaired) electrons. The summed E-state index contributed by atoms with van der Waals surface area (Å²) in [5.74, 6) is 1.15. The first-order valence-electron chi connectivity index (χ1n) is 4.99. The minimum Gasteiger partial charge on any atom is -0.437 e. The summed E-state index contributed by atoms with van der Waals surface area (Å²) < 4.78 is 5.62. The SMILES string of the molecule is Cc1cc(CBr)cnc1Oc1cncc(Cl)c1. The zero-order valence-electron chi connectivity index (χ0n) is 9.15. The molecule has 0 amide bonds. The predicted octanol–water partition coefficient (Wildman–Crippen LogP) is 4.13. The molecule has 0 spiro atoms. The second-order valence-corrected chi connectivity index (χ2v) is 4.54. The van der Waals surface area contributed by atoms with Gasteiger partial charge in [0.2, 0.25) is 5.88 Å². The van der Waals surface area contributed by atoms with Crippen molar-refractivity contribution in [1.82, 2.24) is 9.97 Å². The molecule has 17 heavy (non-hydrogen) atoms. The average Bonchev–Trinajstić information content (AvgIpc) is 2.32. The maximum atomic E-state index is 5.83. The maximum absolute atomic E-state index is 5.83. The van der Waals surface area contributed by atoms with Gasteiger partial charge in [-0.2, -0.15) is 0 Å². The van der Waals surface area contributed by atoms with Crippen LogP contribution in [-0.4, -0.2) is 9.97 Å². The lowest BCUT2D eigenvalue weighted by atomic mass is 10.2. The van der Waals surface area contributed by atoms with E-state index in [1.165, 1.54) is 0 Å². The van der Waals surface area contributed by atoms with Crippen molar-refractivity contribution < 1.29 is 4.74 Å². The molecule has 0 saturated carbocycles. The normalized spacial score (nSPS) is 10.3. The molecule has 0 bridgehead atoms. The minimum atomic E-state index is 0.539. The Morgan fingerprint density at radius 2 is 2.12 bits per heavy atom. The lowest BCUT2D eigenvalue weighted by molar-refractivity contribution is 0.456. The number of alkyl halides is 1. The standard InChI is InChI=1S/C12H10BrClN2O/c1-8-2-9(4-13)5-16-12(8)17-11-3-10(14)6-15-7-11/h2-3,5-7H,4H2,1H3. The summed E-state index contributed by atoms with van der Waals surface area (Å²) in [6.07, 6.45) is 4.93. The van der Waals surface area contributed by atoms with Gasteiger partial charge in [0.1, 0.15) is 5.75 Å². The highest BCUT2D eigenvalue weighted by Crippen LogP contribution is 2.24. The summed E-state index contributed by atoms with van der Waals surface area (Å²) in [7, 11) is 0. The van der Waals surface area contributed by atoms with E-state index in [9.17, 15) is 0 Å². The number of nitrogens with zero attached hydrogens (tertiary/aromatic N) is 2.